The second-order valence-electron chi connectivity index (χ2n) is 7.01. The van der Waals surface area contributed by atoms with Crippen LogP contribution >= 0.6 is 0 Å². The molecule has 0 unspecified atom stereocenters. The van der Waals surface area contributed by atoms with Gasteiger partial charge in [-0.05, 0) is 61.3 Å². The van der Waals surface area contributed by atoms with Crippen LogP contribution in [-0.4, -0.2) is 29.8 Å². The van der Waals surface area contributed by atoms with Crippen molar-refractivity contribution in [2.45, 2.75) is 25.9 Å². The standard InChI is InChI=1S/C21H26N4O2/c22-13-15-4-6-18(7-5-15)21(27)24-19-3-1-2-16(12-19)14-25-10-8-17(9-11-25)20(23)26/h1-7,12,17H,8-11,13-14,22H2,(H2,23,26)(H,24,27). The molecular formula is C21H26N4O2. The number of nitrogens with zero attached hydrogens (tertiary/aromatic N) is 1. The summed E-state index contributed by atoms with van der Waals surface area (Å²) >= 11 is 0. The zero-order valence-electron chi connectivity index (χ0n) is 15.4. The van der Waals surface area contributed by atoms with Crippen LogP contribution in [0.4, 0.5) is 5.69 Å². The summed E-state index contributed by atoms with van der Waals surface area (Å²) in [6.45, 7) is 2.97. The number of primary amides is 1. The number of hydrogen-bond donors (Lipinski definition) is 3. The molecule has 3 rings (SSSR count). The van der Waals surface area contributed by atoms with Crippen molar-refractivity contribution in [3.05, 3.63) is 65.2 Å². The van der Waals surface area contributed by atoms with Crippen LogP contribution in [0.1, 0.15) is 34.3 Å². The highest BCUT2D eigenvalue weighted by molar-refractivity contribution is 6.04. The van der Waals surface area contributed by atoms with Crippen LogP contribution in [0, 0.1) is 5.92 Å². The molecule has 142 valence electrons. The highest BCUT2D eigenvalue weighted by Crippen LogP contribution is 2.20. The lowest BCUT2D eigenvalue weighted by atomic mass is 9.96. The van der Waals surface area contributed by atoms with Gasteiger partial charge in [-0.1, -0.05) is 24.3 Å². The average Bonchev–Trinajstić information content (AvgIpc) is 2.68. The Morgan fingerprint density at radius 1 is 1.04 bits per heavy atom. The fraction of sp³-hybridized carbons (Fsp3) is 0.333. The van der Waals surface area contributed by atoms with E-state index >= 15 is 0 Å². The van der Waals surface area contributed by atoms with E-state index in [1.165, 1.54) is 0 Å². The van der Waals surface area contributed by atoms with Gasteiger partial charge in [0.2, 0.25) is 5.91 Å². The number of hydrogen-bond acceptors (Lipinski definition) is 4. The molecule has 6 nitrogen and oxygen atoms in total. The van der Waals surface area contributed by atoms with Gasteiger partial charge >= 0.3 is 0 Å². The van der Waals surface area contributed by atoms with Gasteiger partial charge in [0.25, 0.3) is 5.91 Å². The highest BCUT2D eigenvalue weighted by Gasteiger charge is 2.23. The molecule has 0 aliphatic carbocycles. The number of rotatable bonds is 6. The third-order valence-corrected chi connectivity index (χ3v) is 5.03. The van der Waals surface area contributed by atoms with Crippen LogP contribution in [0.5, 0.6) is 0 Å². The summed E-state index contributed by atoms with van der Waals surface area (Å²) in [5, 5.41) is 2.95. The van der Waals surface area contributed by atoms with E-state index in [0.29, 0.717) is 12.1 Å². The van der Waals surface area contributed by atoms with Gasteiger partial charge in [-0.2, -0.15) is 0 Å². The van der Waals surface area contributed by atoms with Gasteiger partial charge in [0, 0.05) is 30.3 Å². The summed E-state index contributed by atoms with van der Waals surface area (Å²) in [6, 6.07) is 15.2. The van der Waals surface area contributed by atoms with E-state index in [4.69, 9.17) is 11.5 Å². The Balaban J connectivity index is 1.58. The Labute approximate surface area is 159 Å². The number of piperidine rings is 1. The van der Waals surface area contributed by atoms with E-state index in [2.05, 4.69) is 10.2 Å². The molecule has 0 aromatic heterocycles. The largest absolute Gasteiger partial charge is 0.369 e. The van der Waals surface area contributed by atoms with Gasteiger partial charge in [0.05, 0.1) is 0 Å². The molecule has 5 N–H and O–H groups in total. The number of carbonyl (C=O) groups is 2. The summed E-state index contributed by atoms with van der Waals surface area (Å²) in [5.74, 6) is -0.339. The molecule has 2 aromatic carbocycles. The topological polar surface area (TPSA) is 101 Å². The summed E-state index contributed by atoms with van der Waals surface area (Å²) in [6.07, 6.45) is 1.62. The zero-order chi connectivity index (χ0) is 19.2. The summed E-state index contributed by atoms with van der Waals surface area (Å²) in [4.78, 5) is 26.0. The third kappa shape index (κ3) is 5.15. The maximum absolute atomic E-state index is 12.4. The summed E-state index contributed by atoms with van der Waals surface area (Å²) in [5.41, 5.74) is 14.5. The van der Waals surface area contributed by atoms with Gasteiger partial charge in [0.1, 0.15) is 0 Å². The molecule has 1 heterocycles. The number of likely N-dealkylation sites (tertiary alicyclic amines) is 1. The highest BCUT2D eigenvalue weighted by atomic mass is 16.2. The van der Waals surface area contributed by atoms with Crippen LogP contribution in [0.25, 0.3) is 0 Å². The molecule has 2 amide bonds. The molecule has 0 bridgehead atoms. The first kappa shape index (κ1) is 19.1. The number of nitrogens with two attached hydrogens (primary N) is 2. The molecule has 27 heavy (non-hydrogen) atoms. The average molecular weight is 366 g/mol. The van der Waals surface area contributed by atoms with E-state index in [-0.39, 0.29) is 17.7 Å². The Kier molecular flexibility index (Phi) is 6.21. The molecule has 0 spiro atoms. The van der Waals surface area contributed by atoms with Crippen LogP contribution in [-0.2, 0) is 17.9 Å². The lowest BCUT2D eigenvalue weighted by molar-refractivity contribution is -0.123. The molecule has 0 atom stereocenters. The van der Waals surface area contributed by atoms with Gasteiger partial charge in [-0.25, -0.2) is 0 Å². The number of benzene rings is 2. The van der Waals surface area contributed by atoms with Crippen LogP contribution < -0.4 is 16.8 Å². The van der Waals surface area contributed by atoms with Crippen molar-refractivity contribution in [3.8, 4) is 0 Å². The van der Waals surface area contributed by atoms with Crippen molar-refractivity contribution in [2.24, 2.45) is 17.4 Å². The minimum atomic E-state index is -0.196. The van der Waals surface area contributed by atoms with Crippen molar-refractivity contribution in [3.63, 3.8) is 0 Å². The molecule has 2 aromatic rings. The molecule has 6 heteroatoms. The monoisotopic (exact) mass is 366 g/mol. The predicted molar refractivity (Wildman–Crippen MR) is 106 cm³/mol. The minimum Gasteiger partial charge on any atom is -0.369 e. The first-order valence-electron chi connectivity index (χ1n) is 9.26. The molecule has 1 aliphatic heterocycles. The zero-order valence-corrected chi connectivity index (χ0v) is 15.4. The van der Waals surface area contributed by atoms with Crippen molar-refractivity contribution in [1.82, 2.24) is 4.90 Å². The molecular weight excluding hydrogens is 340 g/mol. The molecule has 1 fully saturated rings. The maximum atomic E-state index is 12.4. The lowest BCUT2D eigenvalue weighted by Gasteiger charge is -2.30. The van der Waals surface area contributed by atoms with Crippen molar-refractivity contribution in [1.29, 1.82) is 0 Å². The molecule has 0 saturated carbocycles. The van der Waals surface area contributed by atoms with Crippen molar-refractivity contribution in [2.75, 3.05) is 18.4 Å². The van der Waals surface area contributed by atoms with E-state index in [1.807, 2.05) is 36.4 Å². The Morgan fingerprint density at radius 3 is 2.37 bits per heavy atom. The van der Waals surface area contributed by atoms with Gasteiger partial charge in [-0.15, -0.1) is 0 Å². The molecule has 1 saturated heterocycles. The smallest absolute Gasteiger partial charge is 0.255 e. The Hall–Kier alpha value is -2.70. The van der Waals surface area contributed by atoms with E-state index in [0.717, 1.165) is 49.3 Å². The fourth-order valence-corrected chi connectivity index (χ4v) is 3.38. The summed E-state index contributed by atoms with van der Waals surface area (Å²) in [7, 11) is 0. The van der Waals surface area contributed by atoms with E-state index in [1.54, 1.807) is 12.1 Å². The van der Waals surface area contributed by atoms with Crippen LogP contribution in [0.15, 0.2) is 48.5 Å². The normalized spacial score (nSPS) is 15.4. The quantitative estimate of drug-likeness (QED) is 0.728. The third-order valence-electron chi connectivity index (χ3n) is 5.03. The summed E-state index contributed by atoms with van der Waals surface area (Å²) < 4.78 is 0. The van der Waals surface area contributed by atoms with Gasteiger partial charge < -0.3 is 16.8 Å². The van der Waals surface area contributed by atoms with Gasteiger partial charge in [0.15, 0.2) is 0 Å². The number of carbonyl (C=O) groups excluding carboxylic acids is 2. The second kappa shape index (κ2) is 8.79. The Bertz CT molecular complexity index is 796. The first-order valence-corrected chi connectivity index (χ1v) is 9.26. The number of anilines is 1. The first-order chi connectivity index (χ1) is 13.0. The van der Waals surface area contributed by atoms with E-state index in [9.17, 15) is 9.59 Å². The van der Waals surface area contributed by atoms with Crippen molar-refractivity contribution < 1.29 is 9.59 Å². The number of amides is 2. The predicted octanol–water partition coefficient (Wildman–Crippen LogP) is 2.09. The number of nitrogens with one attached hydrogen (secondary N) is 1. The van der Waals surface area contributed by atoms with Crippen LogP contribution in [0.2, 0.25) is 0 Å². The second-order valence-corrected chi connectivity index (χ2v) is 7.01. The SMILES string of the molecule is NCc1ccc(C(=O)Nc2cccc(CN3CCC(C(N)=O)CC3)c2)cc1. The maximum Gasteiger partial charge on any atom is 0.255 e. The lowest BCUT2D eigenvalue weighted by Crippen LogP contribution is -2.38. The molecule has 1 aliphatic rings. The fourth-order valence-electron chi connectivity index (χ4n) is 3.38. The Morgan fingerprint density at radius 2 is 1.74 bits per heavy atom. The minimum absolute atomic E-state index is 0.00229. The van der Waals surface area contributed by atoms with Crippen molar-refractivity contribution >= 4 is 17.5 Å². The van der Waals surface area contributed by atoms with Crippen LogP contribution in [0.3, 0.4) is 0 Å². The molecule has 0 radical (unpaired) electrons. The van der Waals surface area contributed by atoms with E-state index < -0.39 is 0 Å². The van der Waals surface area contributed by atoms with Gasteiger partial charge in [-0.3, -0.25) is 14.5 Å².